The highest BCUT2D eigenvalue weighted by molar-refractivity contribution is 7.85. The summed E-state index contributed by atoms with van der Waals surface area (Å²) in [6, 6.07) is 7.44. The van der Waals surface area contributed by atoms with Gasteiger partial charge in [-0.25, -0.2) is 9.18 Å². The van der Waals surface area contributed by atoms with Crippen LogP contribution in [-0.2, 0) is 21.5 Å². The lowest BCUT2D eigenvalue weighted by Crippen LogP contribution is -2.45. The van der Waals surface area contributed by atoms with E-state index in [0.717, 1.165) is 12.5 Å². The number of carbonyl (C=O) groups is 1. The van der Waals surface area contributed by atoms with Crippen LogP contribution in [0.4, 0.5) is 9.18 Å². The Labute approximate surface area is 116 Å². The molecule has 20 heavy (non-hydrogen) atoms. The summed E-state index contributed by atoms with van der Waals surface area (Å²) >= 11 is 0. The first-order valence-corrected chi connectivity index (χ1v) is 7.45. The van der Waals surface area contributed by atoms with E-state index in [-0.39, 0.29) is 6.61 Å². The number of benzene rings is 1. The number of rotatable bonds is 6. The minimum atomic E-state index is -4.39. The minimum Gasteiger partial charge on any atom is -0.445 e. The molecule has 2 atom stereocenters. The summed E-state index contributed by atoms with van der Waals surface area (Å²) in [5.41, 5.74) is 0.738. The lowest BCUT2D eigenvalue weighted by Gasteiger charge is -2.18. The van der Waals surface area contributed by atoms with Gasteiger partial charge in [0.25, 0.3) is 10.1 Å². The number of alkyl halides is 1. The van der Waals surface area contributed by atoms with E-state index >= 15 is 0 Å². The fourth-order valence-corrected chi connectivity index (χ4v) is 2.23. The van der Waals surface area contributed by atoms with Gasteiger partial charge in [0, 0.05) is 0 Å². The van der Waals surface area contributed by atoms with Crippen LogP contribution in [0.25, 0.3) is 0 Å². The quantitative estimate of drug-likeness (QED) is 0.777. The first-order chi connectivity index (χ1) is 9.28. The van der Waals surface area contributed by atoms with E-state index < -0.39 is 34.2 Å². The number of ether oxygens (including phenoxy) is 1. The average molecular weight is 305 g/mol. The maximum atomic E-state index is 13.2. The zero-order valence-corrected chi connectivity index (χ0v) is 11.6. The van der Waals surface area contributed by atoms with Crippen LogP contribution in [0, 0.1) is 0 Å². The molecule has 0 aliphatic heterocycles. The van der Waals surface area contributed by atoms with Crippen molar-refractivity contribution in [3.8, 4) is 0 Å². The van der Waals surface area contributed by atoms with Crippen molar-refractivity contribution in [1.29, 1.82) is 0 Å². The summed E-state index contributed by atoms with van der Waals surface area (Å²) in [6.45, 7) is 1.05. The van der Waals surface area contributed by atoms with Crippen LogP contribution in [0.2, 0.25) is 0 Å². The molecule has 1 aromatic carbocycles. The maximum absolute atomic E-state index is 13.2. The Morgan fingerprint density at radius 3 is 2.50 bits per heavy atom. The van der Waals surface area contributed by atoms with Gasteiger partial charge >= 0.3 is 6.09 Å². The van der Waals surface area contributed by atoms with Gasteiger partial charge in [-0.15, -0.1) is 0 Å². The molecule has 112 valence electrons. The fourth-order valence-electron chi connectivity index (χ4n) is 1.43. The molecule has 0 saturated heterocycles. The molecule has 2 N–H and O–H groups in total. The molecule has 1 rings (SSSR count). The summed E-state index contributed by atoms with van der Waals surface area (Å²) in [7, 11) is -4.39. The standard InChI is InChI=1S/C12H16FNO5S/c1-9(13)11(8-20(16,17)18)14-12(15)19-7-10-5-3-2-4-6-10/h2-6,9,11H,7-8H2,1H3,(H,14,15)(H,16,17,18)/t9-,11?/m1/s1. The van der Waals surface area contributed by atoms with Crippen LogP contribution >= 0.6 is 0 Å². The minimum absolute atomic E-state index is 0.0219. The third kappa shape index (κ3) is 6.48. The Morgan fingerprint density at radius 1 is 1.40 bits per heavy atom. The van der Waals surface area contributed by atoms with Gasteiger partial charge < -0.3 is 10.1 Å². The smallest absolute Gasteiger partial charge is 0.407 e. The van der Waals surface area contributed by atoms with Crippen LogP contribution in [0.1, 0.15) is 12.5 Å². The summed E-state index contributed by atoms with van der Waals surface area (Å²) in [5, 5.41) is 2.07. The van der Waals surface area contributed by atoms with Crippen molar-refractivity contribution in [2.75, 3.05) is 5.75 Å². The van der Waals surface area contributed by atoms with Crippen molar-refractivity contribution in [1.82, 2.24) is 5.32 Å². The van der Waals surface area contributed by atoms with Crippen LogP contribution < -0.4 is 5.32 Å². The largest absolute Gasteiger partial charge is 0.445 e. The normalized spacial score (nSPS) is 14.3. The van der Waals surface area contributed by atoms with Crippen molar-refractivity contribution < 1.29 is 26.9 Å². The van der Waals surface area contributed by atoms with E-state index in [2.05, 4.69) is 5.32 Å². The number of alkyl carbamates (subject to hydrolysis) is 1. The second-order valence-electron chi connectivity index (χ2n) is 4.24. The van der Waals surface area contributed by atoms with E-state index in [1.807, 2.05) is 0 Å². The van der Waals surface area contributed by atoms with E-state index in [1.165, 1.54) is 0 Å². The molecule has 0 aromatic heterocycles. The second kappa shape index (κ2) is 7.20. The lowest BCUT2D eigenvalue weighted by molar-refractivity contribution is 0.130. The van der Waals surface area contributed by atoms with Gasteiger partial charge in [0.2, 0.25) is 0 Å². The Hall–Kier alpha value is -1.67. The Bertz CT molecular complexity index is 532. The van der Waals surface area contributed by atoms with E-state index in [4.69, 9.17) is 9.29 Å². The summed E-state index contributed by atoms with van der Waals surface area (Å²) in [5.74, 6) is -0.912. The van der Waals surface area contributed by atoms with Crippen molar-refractivity contribution in [2.24, 2.45) is 0 Å². The zero-order chi connectivity index (χ0) is 15.2. The third-order valence-corrected chi connectivity index (χ3v) is 3.24. The Balaban J connectivity index is 2.50. The number of hydrogen-bond donors (Lipinski definition) is 2. The average Bonchev–Trinajstić information content (AvgIpc) is 2.35. The predicted molar refractivity (Wildman–Crippen MR) is 70.5 cm³/mol. The van der Waals surface area contributed by atoms with Gasteiger partial charge in [0.05, 0.1) is 11.8 Å². The molecule has 1 amide bonds. The molecule has 0 saturated carbocycles. The lowest BCUT2D eigenvalue weighted by atomic mass is 10.2. The van der Waals surface area contributed by atoms with Gasteiger partial charge in [0.15, 0.2) is 0 Å². The number of hydrogen-bond acceptors (Lipinski definition) is 4. The summed E-state index contributed by atoms with van der Waals surface area (Å²) in [6.07, 6.45) is -2.60. The third-order valence-electron chi connectivity index (χ3n) is 2.46. The van der Waals surface area contributed by atoms with Crippen LogP contribution in [0.3, 0.4) is 0 Å². The number of carbonyl (C=O) groups excluding carboxylic acids is 1. The molecule has 0 bridgehead atoms. The first kappa shape index (κ1) is 16.4. The molecule has 0 aliphatic carbocycles. The summed E-state index contributed by atoms with van der Waals surface area (Å²) < 4.78 is 48.1. The predicted octanol–water partition coefficient (Wildman–Crippen LogP) is 1.53. The molecule has 0 spiro atoms. The molecule has 0 heterocycles. The van der Waals surface area contributed by atoms with E-state index in [1.54, 1.807) is 30.3 Å². The van der Waals surface area contributed by atoms with Crippen LogP contribution in [0.15, 0.2) is 30.3 Å². The highest BCUT2D eigenvalue weighted by Gasteiger charge is 2.25. The van der Waals surface area contributed by atoms with Gasteiger partial charge in [0.1, 0.15) is 12.8 Å². The molecule has 6 nitrogen and oxygen atoms in total. The van der Waals surface area contributed by atoms with Crippen molar-refractivity contribution in [3.63, 3.8) is 0 Å². The number of halogens is 1. The highest BCUT2D eigenvalue weighted by atomic mass is 32.2. The fraction of sp³-hybridized carbons (Fsp3) is 0.417. The molecule has 0 fully saturated rings. The van der Waals surface area contributed by atoms with Gasteiger partial charge in [-0.05, 0) is 12.5 Å². The Kier molecular flexibility index (Phi) is 5.90. The van der Waals surface area contributed by atoms with Gasteiger partial charge in [-0.3, -0.25) is 4.55 Å². The SMILES string of the molecule is C[C@@H](F)C(CS(=O)(=O)O)NC(=O)OCc1ccccc1. The van der Waals surface area contributed by atoms with Crippen molar-refractivity contribution in [2.45, 2.75) is 25.7 Å². The topological polar surface area (TPSA) is 92.7 Å². The molecule has 0 aliphatic rings. The van der Waals surface area contributed by atoms with E-state index in [0.29, 0.717) is 0 Å². The van der Waals surface area contributed by atoms with Crippen LogP contribution in [0.5, 0.6) is 0 Å². The number of amides is 1. The van der Waals surface area contributed by atoms with E-state index in [9.17, 15) is 17.6 Å². The number of nitrogens with one attached hydrogen (secondary N) is 1. The molecule has 8 heteroatoms. The highest BCUT2D eigenvalue weighted by Crippen LogP contribution is 2.04. The summed E-state index contributed by atoms with van der Waals surface area (Å²) in [4.78, 5) is 11.4. The first-order valence-electron chi connectivity index (χ1n) is 5.84. The second-order valence-corrected chi connectivity index (χ2v) is 5.74. The maximum Gasteiger partial charge on any atom is 0.407 e. The molecule has 0 radical (unpaired) electrons. The zero-order valence-electron chi connectivity index (χ0n) is 10.8. The van der Waals surface area contributed by atoms with Crippen molar-refractivity contribution in [3.05, 3.63) is 35.9 Å². The molecular weight excluding hydrogens is 289 g/mol. The molecule has 1 unspecified atom stereocenters. The van der Waals surface area contributed by atoms with Gasteiger partial charge in [-0.1, -0.05) is 30.3 Å². The monoisotopic (exact) mass is 305 g/mol. The molecular formula is C12H16FNO5S. The molecule has 1 aromatic rings. The van der Waals surface area contributed by atoms with Crippen LogP contribution in [-0.4, -0.2) is 37.0 Å². The Morgan fingerprint density at radius 2 is 2.00 bits per heavy atom. The van der Waals surface area contributed by atoms with Crippen molar-refractivity contribution >= 4 is 16.2 Å². The van der Waals surface area contributed by atoms with Gasteiger partial charge in [-0.2, -0.15) is 8.42 Å².